The lowest BCUT2D eigenvalue weighted by Crippen LogP contribution is -2.07. The summed E-state index contributed by atoms with van der Waals surface area (Å²) in [6, 6.07) is 13.0. The van der Waals surface area contributed by atoms with Crippen LogP contribution in [0.4, 0.5) is 19.1 Å². The fourth-order valence-electron chi connectivity index (χ4n) is 2.46. The molecular weight excluding hydrogens is 395 g/mol. The normalized spacial score (nSPS) is 11.6. The van der Waals surface area contributed by atoms with Crippen molar-refractivity contribution in [1.82, 2.24) is 9.55 Å². The molecule has 0 atom stereocenters. The quantitative estimate of drug-likeness (QED) is 0.618. The maximum Gasteiger partial charge on any atom is 0.416 e. The molecule has 0 spiro atoms. The third kappa shape index (κ3) is 4.04. The number of halogens is 4. The molecule has 1 heterocycles. The van der Waals surface area contributed by atoms with E-state index in [1.54, 1.807) is 6.20 Å². The van der Waals surface area contributed by atoms with Gasteiger partial charge in [-0.15, -0.1) is 0 Å². The topological polar surface area (TPSA) is 29.9 Å². The van der Waals surface area contributed by atoms with Crippen LogP contribution in [0, 0.1) is 0 Å². The highest BCUT2D eigenvalue weighted by Crippen LogP contribution is 2.29. The average Bonchev–Trinajstić information content (AvgIpc) is 2.94. The molecular formula is C18H15BrF3N3. The van der Waals surface area contributed by atoms with Crippen LogP contribution in [0.5, 0.6) is 0 Å². The molecule has 1 N–H and O–H groups in total. The van der Waals surface area contributed by atoms with Crippen molar-refractivity contribution in [3.8, 4) is 11.3 Å². The zero-order chi connectivity index (χ0) is 18.0. The molecule has 0 unspecified atom stereocenters. The fraction of sp³-hybridized carbons (Fsp3) is 0.167. The van der Waals surface area contributed by atoms with Crippen molar-refractivity contribution in [2.45, 2.75) is 12.7 Å². The molecule has 25 heavy (non-hydrogen) atoms. The molecule has 0 aliphatic rings. The molecule has 2 aromatic carbocycles. The van der Waals surface area contributed by atoms with Crippen LogP contribution in [0.15, 0.2) is 59.2 Å². The van der Waals surface area contributed by atoms with Crippen molar-refractivity contribution >= 4 is 21.9 Å². The highest BCUT2D eigenvalue weighted by molar-refractivity contribution is 9.10. The van der Waals surface area contributed by atoms with Crippen molar-refractivity contribution in [3.63, 3.8) is 0 Å². The lowest BCUT2D eigenvalue weighted by Gasteiger charge is -2.10. The Bertz CT molecular complexity index is 853. The zero-order valence-electron chi connectivity index (χ0n) is 13.3. The molecule has 3 nitrogen and oxygen atoms in total. The van der Waals surface area contributed by atoms with Gasteiger partial charge in [0.1, 0.15) is 0 Å². The number of hydrogen-bond donors (Lipinski definition) is 1. The van der Waals surface area contributed by atoms with Crippen LogP contribution in [-0.4, -0.2) is 9.55 Å². The van der Waals surface area contributed by atoms with E-state index in [2.05, 4.69) is 26.2 Å². The van der Waals surface area contributed by atoms with Gasteiger partial charge in [-0.05, 0) is 35.4 Å². The van der Waals surface area contributed by atoms with Gasteiger partial charge >= 0.3 is 6.18 Å². The first-order valence-corrected chi connectivity index (χ1v) is 8.31. The Morgan fingerprint density at radius 2 is 1.68 bits per heavy atom. The fourth-order valence-corrected chi connectivity index (χ4v) is 2.72. The molecule has 0 saturated carbocycles. The summed E-state index contributed by atoms with van der Waals surface area (Å²) in [5, 5.41) is 3.15. The third-order valence-electron chi connectivity index (χ3n) is 3.86. The first kappa shape index (κ1) is 17.5. The minimum atomic E-state index is -4.31. The number of hydrogen-bond acceptors (Lipinski definition) is 2. The van der Waals surface area contributed by atoms with Crippen molar-refractivity contribution in [1.29, 1.82) is 0 Å². The summed E-state index contributed by atoms with van der Waals surface area (Å²) >= 11 is 3.40. The van der Waals surface area contributed by atoms with Crippen LogP contribution < -0.4 is 5.32 Å². The number of rotatable bonds is 4. The van der Waals surface area contributed by atoms with Gasteiger partial charge in [0.2, 0.25) is 5.95 Å². The van der Waals surface area contributed by atoms with Crippen LogP contribution in [0.1, 0.15) is 11.1 Å². The second-order valence-electron chi connectivity index (χ2n) is 5.58. The predicted molar refractivity (Wildman–Crippen MR) is 95.1 cm³/mol. The summed E-state index contributed by atoms with van der Waals surface area (Å²) in [6.45, 7) is 0.392. The molecule has 7 heteroatoms. The number of anilines is 1. The van der Waals surface area contributed by atoms with Gasteiger partial charge in [0.15, 0.2) is 0 Å². The van der Waals surface area contributed by atoms with Gasteiger partial charge in [0.05, 0.1) is 17.5 Å². The standard InChI is InChI=1S/C18H15BrF3N3/c1-25-16(13-4-8-15(19)9-5-13)11-24-17(25)23-10-12-2-6-14(7-3-12)18(20,21)22/h2-9,11H,10H2,1H3,(H,23,24). The van der Waals surface area contributed by atoms with Crippen LogP contribution in [0.2, 0.25) is 0 Å². The molecule has 0 saturated heterocycles. The second-order valence-corrected chi connectivity index (χ2v) is 6.50. The van der Waals surface area contributed by atoms with E-state index in [1.165, 1.54) is 12.1 Å². The molecule has 0 bridgehead atoms. The van der Waals surface area contributed by atoms with E-state index in [-0.39, 0.29) is 0 Å². The average molecular weight is 410 g/mol. The van der Waals surface area contributed by atoms with E-state index in [9.17, 15) is 13.2 Å². The molecule has 0 amide bonds. The summed E-state index contributed by atoms with van der Waals surface area (Å²) in [7, 11) is 1.89. The number of benzene rings is 2. The number of nitrogens with zero attached hydrogens (tertiary/aromatic N) is 2. The van der Waals surface area contributed by atoms with Crippen molar-refractivity contribution < 1.29 is 13.2 Å². The Kier molecular flexibility index (Phi) is 4.85. The molecule has 130 valence electrons. The molecule has 0 aliphatic carbocycles. The summed E-state index contributed by atoms with van der Waals surface area (Å²) in [6.07, 6.45) is -2.55. The first-order chi connectivity index (χ1) is 11.8. The molecule has 0 aliphatic heterocycles. The van der Waals surface area contributed by atoms with Gasteiger partial charge in [0.25, 0.3) is 0 Å². The lowest BCUT2D eigenvalue weighted by atomic mass is 10.1. The minimum Gasteiger partial charge on any atom is -0.352 e. The number of imidazole rings is 1. The second kappa shape index (κ2) is 6.92. The maximum atomic E-state index is 12.6. The number of alkyl halides is 3. The number of nitrogens with one attached hydrogen (secondary N) is 1. The summed E-state index contributed by atoms with van der Waals surface area (Å²) in [5.74, 6) is 0.651. The largest absolute Gasteiger partial charge is 0.416 e. The SMILES string of the molecule is Cn1c(-c2ccc(Br)cc2)cnc1NCc1ccc(C(F)(F)F)cc1. The molecule has 3 aromatic rings. The van der Waals surface area contributed by atoms with E-state index in [0.717, 1.165) is 33.4 Å². The van der Waals surface area contributed by atoms with Gasteiger partial charge in [-0.1, -0.05) is 40.2 Å². The van der Waals surface area contributed by atoms with Gasteiger partial charge in [-0.25, -0.2) is 4.98 Å². The van der Waals surface area contributed by atoms with Gasteiger partial charge in [0, 0.05) is 18.1 Å². The molecule has 3 rings (SSSR count). The Hall–Kier alpha value is -2.28. The smallest absolute Gasteiger partial charge is 0.352 e. The van der Waals surface area contributed by atoms with Crippen molar-refractivity contribution in [2.75, 3.05) is 5.32 Å². The lowest BCUT2D eigenvalue weighted by molar-refractivity contribution is -0.137. The van der Waals surface area contributed by atoms with E-state index in [4.69, 9.17) is 0 Å². The number of aromatic nitrogens is 2. The highest BCUT2D eigenvalue weighted by Gasteiger charge is 2.29. The van der Waals surface area contributed by atoms with Crippen LogP contribution >= 0.6 is 15.9 Å². The molecule has 1 aromatic heterocycles. The molecule has 0 radical (unpaired) electrons. The Morgan fingerprint density at radius 3 is 2.28 bits per heavy atom. The van der Waals surface area contributed by atoms with E-state index in [0.29, 0.717) is 12.5 Å². The highest BCUT2D eigenvalue weighted by atomic mass is 79.9. The van der Waals surface area contributed by atoms with E-state index in [1.807, 2.05) is 35.9 Å². The Labute approximate surface area is 151 Å². The van der Waals surface area contributed by atoms with Gasteiger partial charge < -0.3 is 9.88 Å². The van der Waals surface area contributed by atoms with Crippen molar-refractivity contribution in [2.24, 2.45) is 7.05 Å². The van der Waals surface area contributed by atoms with Crippen LogP contribution in [0.3, 0.4) is 0 Å². The minimum absolute atomic E-state index is 0.392. The van der Waals surface area contributed by atoms with E-state index >= 15 is 0 Å². The van der Waals surface area contributed by atoms with Crippen LogP contribution in [-0.2, 0) is 19.8 Å². The van der Waals surface area contributed by atoms with E-state index < -0.39 is 11.7 Å². The molecule has 0 fully saturated rings. The Balaban J connectivity index is 1.71. The predicted octanol–water partition coefficient (Wildman–Crippen LogP) is 5.48. The summed E-state index contributed by atoms with van der Waals surface area (Å²) in [4.78, 5) is 4.35. The Morgan fingerprint density at radius 1 is 1.04 bits per heavy atom. The van der Waals surface area contributed by atoms with Crippen LogP contribution in [0.25, 0.3) is 11.3 Å². The van der Waals surface area contributed by atoms with Crippen molar-refractivity contribution in [3.05, 3.63) is 70.3 Å². The van der Waals surface area contributed by atoms with Gasteiger partial charge in [-0.2, -0.15) is 13.2 Å². The zero-order valence-corrected chi connectivity index (χ0v) is 14.9. The first-order valence-electron chi connectivity index (χ1n) is 7.52. The monoisotopic (exact) mass is 409 g/mol. The van der Waals surface area contributed by atoms with Gasteiger partial charge in [-0.3, -0.25) is 0 Å². The third-order valence-corrected chi connectivity index (χ3v) is 4.39. The summed E-state index contributed by atoms with van der Waals surface area (Å²) < 4.78 is 40.7. The maximum absolute atomic E-state index is 12.6. The summed E-state index contributed by atoms with van der Waals surface area (Å²) in [5.41, 5.74) is 2.08.